The van der Waals surface area contributed by atoms with Gasteiger partial charge in [0.25, 0.3) is 0 Å². The SMILES string of the molecule is CCCCC[Si]1(c2ccccc2)CCC(COc2ccc(OC(F)(F)F)cc2)CC1. The minimum absolute atomic E-state index is 0.224. The first-order valence-electron chi connectivity index (χ1n) is 10.9. The maximum absolute atomic E-state index is 12.3. The van der Waals surface area contributed by atoms with Crippen LogP contribution < -0.4 is 14.7 Å². The first-order chi connectivity index (χ1) is 14.4. The molecule has 0 spiro atoms. The van der Waals surface area contributed by atoms with Gasteiger partial charge < -0.3 is 9.47 Å². The summed E-state index contributed by atoms with van der Waals surface area (Å²) in [5.74, 6) is 0.870. The minimum atomic E-state index is -4.67. The Labute approximate surface area is 178 Å². The molecule has 0 saturated carbocycles. The molecule has 3 rings (SSSR count). The molecule has 0 unspecified atom stereocenters. The van der Waals surface area contributed by atoms with Crippen molar-refractivity contribution in [1.82, 2.24) is 0 Å². The lowest BCUT2D eigenvalue weighted by Crippen LogP contribution is -2.50. The van der Waals surface area contributed by atoms with E-state index in [0.29, 0.717) is 18.3 Å². The molecule has 2 aromatic carbocycles. The average Bonchev–Trinajstić information content (AvgIpc) is 2.74. The summed E-state index contributed by atoms with van der Waals surface area (Å²) in [6, 6.07) is 20.8. The van der Waals surface area contributed by atoms with Gasteiger partial charge in [-0.2, -0.15) is 0 Å². The van der Waals surface area contributed by atoms with Crippen LogP contribution in [0.4, 0.5) is 13.2 Å². The van der Waals surface area contributed by atoms with Crippen LogP contribution in [0.25, 0.3) is 0 Å². The van der Waals surface area contributed by atoms with Gasteiger partial charge in [0.15, 0.2) is 0 Å². The molecule has 2 nitrogen and oxygen atoms in total. The molecule has 1 aliphatic rings. The van der Waals surface area contributed by atoms with Crippen LogP contribution in [0.15, 0.2) is 54.6 Å². The lowest BCUT2D eigenvalue weighted by molar-refractivity contribution is -0.274. The Bertz CT molecular complexity index is 754. The van der Waals surface area contributed by atoms with Crippen LogP contribution in [0.2, 0.25) is 18.1 Å². The van der Waals surface area contributed by atoms with E-state index in [-0.39, 0.29) is 5.75 Å². The van der Waals surface area contributed by atoms with E-state index in [1.165, 1.54) is 74.5 Å². The Morgan fingerprint density at radius 3 is 2.13 bits per heavy atom. The van der Waals surface area contributed by atoms with Crippen molar-refractivity contribution >= 4 is 13.3 Å². The molecule has 1 aliphatic heterocycles. The van der Waals surface area contributed by atoms with Gasteiger partial charge in [0.05, 0.1) is 14.7 Å². The topological polar surface area (TPSA) is 18.5 Å². The number of benzene rings is 2. The summed E-state index contributed by atoms with van der Waals surface area (Å²) >= 11 is 0. The van der Waals surface area contributed by atoms with Crippen molar-refractivity contribution in [2.45, 2.75) is 63.5 Å². The Morgan fingerprint density at radius 1 is 0.900 bits per heavy atom. The smallest absolute Gasteiger partial charge is 0.493 e. The normalized spacial score (nSPS) is 21.9. The highest BCUT2D eigenvalue weighted by Crippen LogP contribution is 2.36. The summed E-state index contributed by atoms with van der Waals surface area (Å²) in [4.78, 5) is 0. The number of hydrogen-bond donors (Lipinski definition) is 0. The Kier molecular flexibility index (Phi) is 7.86. The van der Waals surface area contributed by atoms with Gasteiger partial charge in [0.2, 0.25) is 0 Å². The summed E-state index contributed by atoms with van der Waals surface area (Å²) in [6.45, 7) is 2.88. The molecule has 2 aromatic rings. The quantitative estimate of drug-likeness (QED) is 0.314. The van der Waals surface area contributed by atoms with Crippen LogP contribution in [-0.4, -0.2) is 21.0 Å². The standard InChI is InChI=1S/C24H31F3O2Si/c1-2-3-7-16-30(23-8-5-4-6-9-23)17-14-20(15-18-30)19-28-21-10-12-22(13-11-21)29-24(25,26)27/h4-6,8-13,20H,2-3,7,14-19H2,1H3. The first-order valence-corrected chi connectivity index (χ1v) is 13.6. The lowest BCUT2D eigenvalue weighted by atomic mass is 10.0. The molecule has 30 heavy (non-hydrogen) atoms. The molecule has 0 bridgehead atoms. The molecule has 6 heteroatoms. The van der Waals surface area contributed by atoms with Crippen molar-refractivity contribution in [1.29, 1.82) is 0 Å². The molecule has 164 valence electrons. The third-order valence-electron chi connectivity index (χ3n) is 6.25. The second-order valence-electron chi connectivity index (χ2n) is 8.38. The van der Waals surface area contributed by atoms with E-state index in [1.807, 2.05) is 0 Å². The Balaban J connectivity index is 1.53. The van der Waals surface area contributed by atoms with Crippen molar-refractivity contribution in [2.24, 2.45) is 5.92 Å². The third kappa shape index (κ3) is 6.52. The maximum Gasteiger partial charge on any atom is 0.573 e. The van der Waals surface area contributed by atoms with Gasteiger partial charge in [-0.3, -0.25) is 0 Å². The number of unbranched alkanes of at least 4 members (excludes halogenated alkanes) is 2. The maximum atomic E-state index is 12.3. The summed E-state index contributed by atoms with van der Waals surface area (Å²) in [5.41, 5.74) is 0. The van der Waals surface area contributed by atoms with E-state index >= 15 is 0 Å². The third-order valence-corrected chi connectivity index (χ3v) is 11.6. The molecule has 0 amide bonds. The van der Waals surface area contributed by atoms with Crippen LogP contribution in [0, 0.1) is 5.92 Å². The van der Waals surface area contributed by atoms with Gasteiger partial charge >= 0.3 is 6.36 Å². The predicted molar refractivity (Wildman–Crippen MR) is 117 cm³/mol. The fourth-order valence-electron chi connectivity index (χ4n) is 4.54. The number of ether oxygens (including phenoxy) is 2. The van der Waals surface area contributed by atoms with E-state index in [4.69, 9.17) is 4.74 Å². The monoisotopic (exact) mass is 436 g/mol. The highest BCUT2D eigenvalue weighted by molar-refractivity contribution is 6.92. The van der Waals surface area contributed by atoms with Gasteiger partial charge in [0, 0.05) is 0 Å². The summed E-state index contributed by atoms with van der Waals surface area (Å²) in [6.07, 6.45) is 1.55. The van der Waals surface area contributed by atoms with Gasteiger partial charge in [0.1, 0.15) is 11.5 Å². The highest BCUT2D eigenvalue weighted by atomic mass is 28.3. The van der Waals surface area contributed by atoms with Crippen LogP contribution >= 0.6 is 0 Å². The summed E-state index contributed by atoms with van der Waals surface area (Å²) in [7, 11) is -1.46. The molecular weight excluding hydrogens is 405 g/mol. The van der Waals surface area contributed by atoms with Gasteiger partial charge in [-0.15, -0.1) is 13.2 Å². The fourth-order valence-corrected chi connectivity index (χ4v) is 9.90. The molecule has 1 fully saturated rings. The Hall–Kier alpha value is -1.95. The van der Waals surface area contributed by atoms with Crippen molar-refractivity contribution in [3.63, 3.8) is 0 Å². The van der Waals surface area contributed by atoms with E-state index in [0.717, 1.165) is 0 Å². The highest BCUT2D eigenvalue weighted by Gasteiger charge is 2.38. The van der Waals surface area contributed by atoms with Crippen molar-refractivity contribution < 1.29 is 22.6 Å². The fraction of sp³-hybridized carbons (Fsp3) is 0.500. The lowest BCUT2D eigenvalue weighted by Gasteiger charge is -2.39. The van der Waals surface area contributed by atoms with Gasteiger partial charge in [-0.25, -0.2) is 0 Å². The molecule has 0 N–H and O–H groups in total. The van der Waals surface area contributed by atoms with E-state index < -0.39 is 14.4 Å². The zero-order valence-electron chi connectivity index (χ0n) is 17.6. The van der Waals surface area contributed by atoms with Crippen molar-refractivity contribution in [3.8, 4) is 11.5 Å². The second kappa shape index (κ2) is 10.4. The van der Waals surface area contributed by atoms with E-state index in [9.17, 15) is 13.2 Å². The molecule has 0 atom stereocenters. The van der Waals surface area contributed by atoms with E-state index in [2.05, 4.69) is 42.0 Å². The minimum Gasteiger partial charge on any atom is -0.493 e. The second-order valence-corrected chi connectivity index (χ2v) is 13.0. The largest absolute Gasteiger partial charge is 0.573 e. The molecule has 0 aliphatic carbocycles. The number of hydrogen-bond acceptors (Lipinski definition) is 2. The van der Waals surface area contributed by atoms with Crippen LogP contribution in [-0.2, 0) is 0 Å². The molecular formula is C24H31F3O2Si. The first kappa shape index (κ1) is 22.7. The summed E-state index contributed by atoms with van der Waals surface area (Å²) < 4.78 is 46.6. The van der Waals surface area contributed by atoms with Crippen LogP contribution in [0.1, 0.15) is 39.0 Å². The zero-order valence-corrected chi connectivity index (χ0v) is 18.6. The van der Waals surface area contributed by atoms with Crippen LogP contribution in [0.3, 0.4) is 0 Å². The van der Waals surface area contributed by atoms with Gasteiger partial charge in [-0.05, 0) is 43.0 Å². The molecule has 0 aromatic heterocycles. The molecule has 0 radical (unpaired) electrons. The summed E-state index contributed by atoms with van der Waals surface area (Å²) in [5, 5.41) is 1.60. The molecule has 1 heterocycles. The van der Waals surface area contributed by atoms with Gasteiger partial charge in [-0.1, -0.05) is 79.8 Å². The van der Waals surface area contributed by atoms with Crippen molar-refractivity contribution in [3.05, 3.63) is 54.6 Å². The predicted octanol–water partition coefficient (Wildman–Crippen LogP) is 6.92. The van der Waals surface area contributed by atoms with Crippen molar-refractivity contribution in [2.75, 3.05) is 6.61 Å². The zero-order chi connectivity index (χ0) is 21.5. The van der Waals surface area contributed by atoms with Crippen LogP contribution in [0.5, 0.6) is 11.5 Å². The average molecular weight is 437 g/mol. The number of alkyl halides is 3. The Morgan fingerprint density at radius 2 is 1.53 bits per heavy atom. The number of rotatable bonds is 9. The molecule has 1 saturated heterocycles. The van der Waals surface area contributed by atoms with E-state index in [1.54, 1.807) is 5.19 Å². The number of halogens is 3.